The first-order valence-electron chi connectivity index (χ1n) is 12.5. The van der Waals surface area contributed by atoms with Crippen molar-refractivity contribution in [3.63, 3.8) is 0 Å². The largest absolute Gasteiger partial charge is 0.341 e. The van der Waals surface area contributed by atoms with Crippen molar-refractivity contribution >= 4 is 23.5 Å². The zero-order valence-electron chi connectivity index (χ0n) is 19.9. The van der Waals surface area contributed by atoms with Crippen LogP contribution in [0.4, 0.5) is 26.4 Å². The highest BCUT2D eigenvalue weighted by Gasteiger charge is 2.41. The molecule has 2 aromatic heterocycles. The monoisotopic (exact) mass is 473 g/mol. The molecule has 3 aliphatic rings. The Kier molecular flexibility index (Phi) is 6.16. The average molecular weight is 474 g/mol. The lowest BCUT2D eigenvalue weighted by atomic mass is 10.0. The van der Waals surface area contributed by atoms with Crippen LogP contribution in [0, 0.1) is 0 Å². The van der Waals surface area contributed by atoms with Crippen LogP contribution in [0.5, 0.6) is 0 Å². The number of nitrogens with zero attached hydrogens (tertiary/aromatic N) is 5. The van der Waals surface area contributed by atoms with Crippen molar-refractivity contribution in [2.24, 2.45) is 0 Å². The number of aryl methyl sites for hydroxylation is 1. The molecular weight excluding hydrogens is 440 g/mol. The van der Waals surface area contributed by atoms with Crippen molar-refractivity contribution in [3.05, 3.63) is 23.0 Å². The van der Waals surface area contributed by atoms with Gasteiger partial charge in [-0.1, -0.05) is 0 Å². The van der Waals surface area contributed by atoms with E-state index >= 15 is 0 Å². The third-order valence-corrected chi connectivity index (χ3v) is 7.48. The zero-order valence-corrected chi connectivity index (χ0v) is 19.9. The third-order valence-electron chi connectivity index (χ3n) is 7.48. The van der Waals surface area contributed by atoms with E-state index in [1.807, 2.05) is 29.7 Å². The first-order valence-corrected chi connectivity index (χ1v) is 12.5. The SMILES string of the molecule is CCN(CC)C(=O)[C@@H]1CCCN1c1nc2c(c(Nc3cc([C@@H]4CCC(F)(F)C4)[nH]n3)n1)CCC2. The highest BCUT2D eigenvalue weighted by atomic mass is 19.3. The van der Waals surface area contributed by atoms with Gasteiger partial charge in [0.05, 0.1) is 5.69 Å². The van der Waals surface area contributed by atoms with Gasteiger partial charge < -0.3 is 15.1 Å². The van der Waals surface area contributed by atoms with E-state index in [0.29, 0.717) is 37.1 Å². The first-order chi connectivity index (χ1) is 16.4. The molecule has 5 rings (SSSR count). The molecule has 2 aliphatic carbocycles. The summed E-state index contributed by atoms with van der Waals surface area (Å²) in [6.45, 7) is 6.12. The number of amides is 1. The fourth-order valence-corrected chi connectivity index (χ4v) is 5.61. The molecule has 2 aromatic rings. The predicted molar refractivity (Wildman–Crippen MR) is 126 cm³/mol. The minimum absolute atomic E-state index is 0.0779. The first kappa shape index (κ1) is 23.0. The van der Waals surface area contributed by atoms with Crippen LogP contribution in [0.15, 0.2) is 6.07 Å². The number of fused-ring (bicyclic) bond motifs is 1. The van der Waals surface area contributed by atoms with Crippen molar-refractivity contribution in [1.82, 2.24) is 25.1 Å². The maximum atomic E-state index is 13.7. The van der Waals surface area contributed by atoms with Crippen molar-refractivity contribution in [1.29, 1.82) is 0 Å². The van der Waals surface area contributed by atoms with E-state index in [0.717, 1.165) is 55.6 Å². The summed E-state index contributed by atoms with van der Waals surface area (Å²) in [7, 11) is 0. The molecule has 2 fully saturated rings. The number of hydrogen-bond donors (Lipinski definition) is 2. The molecule has 1 amide bonds. The number of nitrogens with one attached hydrogen (secondary N) is 2. The maximum absolute atomic E-state index is 13.7. The van der Waals surface area contributed by atoms with Gasteiger partial charge in [0.2, 0.25) is 17.8 Å². The number of halogens is 2. The zero-order chi connectivity index (χ0) is 23.9. The summed E-state index contributed by atoms with van der Waals surface area (Å²) >= 11 is 0. The molecule has 1 saturated carbocycles. The molecule has 8 nitrogen and oxygen atoms in total. The fourth-order valence-electron chi connectivity index (χ4n) is 5.61. The van der Waals surface area contributed by atoms with Gasteiger partial charge in [-0.3, -0.25) is 9.89 Å². The molecule has 0 bridgehead atoms. The number of rotatable bonds is 7. The molecule has 1 saturated heterocycles. The molecule has 0 aromatic carbocycles. The van der Waals surface area contributed by atoms with Crippen molar-refractivity contribution in [2.45, 2.75) is 83.1 Å². The lowest BCUT2D eigenvalue weighted by molar-refractivity contribution is -0.132. The van der Waals surface area contributed by atoms with Crippen LogP contribution in [0.1, 0.15) is 75.2 Å². The number of aromatic amines is 1. The van der Waals surface area contributed by atoms with E-state index < -0.39 is 5.92 Å². The van der Waals surface area contributed by atoms with Crippen LogP contribution in [0.2, 0.25) is 0 Å². The van der Waals surface area contributed by atoms with Crippen LogP contribution < -0.4 is 10.2 Å². The smallest absolute Gasteiger partial charge is 0.248 e. The van der Waals surface area contributed by atoms with E-state index in [-0.39, 0.29) is 30.7 Å². The Morgan fingerprint density at radius 1 is 1.24 bits per heavy atom. The molecule has 1 aliphatic heterocycles. The van der Waals surface area contributed by atoms with Gasteiger partial charge in [-0.25, -0.2) is 13.8 Å². The molecular formula is C24H33F2N7O. The third kappa shape index (κ3) is 4.34. The molecule has 34 heavy (non-hydrogen) atoms. The van der Waals surface area contributed by atoms with Gasteiger partial charge in [0.25, 0.3) is 0 Å². The Morgan fingerprint density at radius 2 is 2.06 bits per heavy atom. The maximum Gasteiger partial charge on any atom is 0.248 e. The lowest BCUT2D eigenvalue weighted by Gasteiger charge is -2.29. The van der Waals surface area contributed by atoms with Gasteiger partial charge >= 0.3 is 0 Å². The second kappa shape index (κ2) is 9.11. The normalized spacial score (nSPS) is 23.4. The van der Waals surface area contributed by atoms with Crippen molar-refractivity contribution < 1.29 is 13.6 Å². The topological polar surface area (TPSA) is 90.0 Å². The predicted octanol–water partition coefficient (Wildman–Crippen LogP) is 4.17. The highest BCUT2D eigenvalue weighted by Crippen LogP contribution is 2.44. The molecule has 0 spiro atoms. The minimum Gasteiger partial charge on any atom is -0.341 e. The van der Waals surface area contributed by atoms with Gasteiger partial charge in [-0.2, -0.15) is 10.1 Å². The summed E-state index contributed by atoms with van der Waals surface area (Å²) in [4.78, 5) is 26.7. The summed E-state index contributed by atoms with van der Waals surface area (Å²) < 4.78 is 27.3. The number of anilines is 3. The second-order valence-corrected chi connectivity index (χ2v) is 9.64. The summed E-state index contributed by atoms with van der Waals surface area (Å²) in [6.07, 6.45) is 4.73. The van der Waals surface area contributed by atoms with Crippen LogP contribution in [-0.2, 0) is 17.6 Å². The number of carbonyl (C=O) groups is 1. The lowest BCUT2D eigenvalue weighted by Crippen LogP contribution is -2.46. The molecule has 2 atom stereocenters. The van der Waals surface area contributed by atoms with Crippen LogP contribution in [0.3, 0.4) is 0 Å². The number of hydrogen-bond acceptors (Lipinski definition) is 6. The molecule has 0 unspecified atom stereocenters. The summed E-state index contributed by atoms with van der Waals surface area (Å²) in [6, 6.07) is 1.57. The Hall–Kier alpha value is -2.78. The highest BCUT2D eigenvalue weighted by molar-refractivity contribution is 5.85. The Bertz CT molecular complexity index is 1050. The molecule has 2 N–H and O–H groups in total. The number of alkyl halides is 2. The quantitative estimate of drug-likeness (QED) is 0.627. The van der Waals surface area contributed by atoms with Crippen molar-refractivity contribution in [2.75, 3.05) is 29.9 Å². The van der Waals surface area contributed by atoms with Crippen LogP contribution in [-0.4, -0.2) is 62.6 Å². The van der Waals surface area contributed by atoms with E-state index in [1.165, 1.54) is 0 Å². The van der Waals surface area contributed by atoms with Crippen molar-refractivity contribution in [3.8, 4) is 0 Å². The Labute approximate surface area is 198 Å². The van der Waals surface area contributed by atoms with Crippen LogP contribution in [0.25, 0.3) is 0 Å². The van der Waals surface area contributed by atoms with Gasteiger partial charge in [0.1, 0.15) is 11.9 Å². The average Bonchev–Trinajstić information content (AvgIpc) is 3.60. The Balaban J connectivity index is 1.39. The van der Waals surface area contributed by atoms with Crippen LogP contribution >= 0.6 is 0 Å². The number of H-pyrrole nitrogens is 1. The summed E-state index contributed by atoms with van der Waals surface area (Å²) in [5.41, 5.74) is 2.82. The molecule has 184 valence electrons. The van der Waals surface area contributed by atoms with Gasteiger partial charge in [0.15, 0.2) is 5.82 Å². The summed E-state index contributed by atoms with van der Waals surface area (Å²) in [5, 5.41) is 10.6. The molecule has 3 heterocycles. The standard InChI is InChI=1S/C24H33F2N7O/c1-3-32(4-2)22(34)19-9-6-12-33(19)23-27-17-8-5-7-16(17)21(29-23)28-20-13-18(30-31-20)15-10-11-24(25,26)14-15/h13,15,19H,3-12,14H2,1-2H3,(H2,27,28,29,30,31)/t15-,19+/m1/s1. The Morgan fingerprint density at radius 3 is 2.79 bits per heavy atom. The summed E-state index contributed by atoms with van der Waals surface area (Å²) in [5.74, 6) is -0.819. The van der Waals surface area contributed by atoms with E-state index in [4.69, 9.17) is 9.97 Å². The molecule has 0 radical (unpaired) electrons. The second-order valence-electron chi connectivity index (χ2n) is 9.64. The number of aromatic nitrogens is 4. The van der Waals surface area contributed by atoms with E-state index in [9.17, 15) is 13.6 Å². The van der Waals surface area contributed by atoms with Gasteiger partial charge in [0, 0.05) is 55.7 Å². The number of carbonyl (C=O) groups excluding carboxylic acids is 1. The van der Waals surface area contributed by atoms with Gasteiger partial charge in [-0.05, 0) is 52.4 Å². The molecule has 10 heteroatoms. The minimum atomic E-state index is -2.60. The van der Waals surface area contributed by atoms with Gasteiger partial charge in [-0.15, -0.1) is 0 Å². The van der Waals surface area contributed by atoms with E-state index in [2.05, 4.69) is 15.5 Å². The van der Waals surface area contributed by atoms with E-state index in [1.54, 1.807) is 0 Å². The fraction of sp³-hybridized carbons (Fsp3) is 0.667. The number of likely N-dealkylation sites (N-methyl/N-ethyl adjacent to an activating group) is 1.